The van der Waals surface area contributed by atoms with Gasteiger partial charge in [-0.1, -0.05) is 31.9 Å². The number of esters is 1. The average molecular weight is 375 g/mol. The van der Waals surface area contributed by atoms with Crippen molar-refractivity contribution in [3.63, 3.8) is 0 Å². The molecular weight excluding hydrogens is 365 g/mol. The minimum Gasteiger partial charge on any atom is -0.508 e. The predicted octanol–water partition coefficient (Wildman–Crippen LogP) is 2.51. The summed E-state index contributed by atoms with van der Waals surface area (Å²) in [5.41, 5.74) is 5.93. The van der Waals surface area contributed by atoms with Crippen molar-refractivity contribution in [3.8, 4) is 5.75 Å². The van der Waals surface area contributed by atoms with Gasteiger partial charge in [-0.3, -0.25) is 4.79 Å². The van der Waals surface area contributed by atoms with Gasteiger partial charge in [-0.05, 0) is 12.1 Å². The molecule has 1 atom stereocenters. The molecule has 4 nitrogen and oxygen atoms in total. The molecule has 90 valence electrons. The fourth-order valence-electron chi connectivity index (χ4n) is 1.12. The number of phenols is 1. The van der Waals surface area contributed by atoms with Crippen molar-refractivity contribution < 1.29 is 14.6 Å². The van der Waals surface area contributed by atoms with Crippen LogP contribution >= 0.6 is 44.3 Å². The SMILES string of the molecule is COC(=O)[C@@H](N)c1c(O)cc(Br)cc1Br.Cl. The van der Waals surface area contributed by atoms with Crippen LogP contribution in [-0.4, -0.2) is 18.2 Å². The lowest BCUT2D eigenvalue weighted by Gasteiger charge is -2.13. The molecule has 0 heterocycles. The van der Waals surface area contributed by atoms with Crippen LogP contribution in [0.1, 0.15) is 11.6 Å². The van der Waals surface area contributed by atoms with Gasteiger partial charge in [0.05, 0.1) is 7.11 Å². The van der Waals surface area contributed by atoms with Crippen LogP contribution in [0, 0.1) is 0 Å². The molecule has 0 bridgehead atoms. The Morgan fingerprint density at radius 1 is 1.50 bits per heavy atom. The largest absolute Gasteiger partial charge is 0.508 e. The van der Waals surface area contributed by atoms with E-state index in [2.05, 4.69) is 36.6 Å². The number of halogens is 3. The van der Waals surface area contributed by atoms with E-state index >= 15 is 0 Å². The molecule has 0 aromatic heterocycles. The third-order valence-corrected chi connectivity index (χ3v) is 2.95. The molecule has 3 N–H and O–H groups in total. The lowest BCUT2D eigenvalue weighted by molar-refractivity contribution is -0.142. The highest BCUT2D eigenvalue weighted by Crippen LogP contribution is 2.34. The number of nitrogens with two attached hydrogens (primary N) is 1. The highest BCUT2D eigenvalue weighted by atomic mass is 79.9. The highest BCUT2D eigenvalue weighted by molar-refractivity contribution is 9.11. The van der Waals surface area contributed by atoms with Crippen molar-refractivity contribution in [2.24, 2.45) is 5.73 Å². The van der Waals surface area contributed by atoms with Gasteiger partial charge in [-0.25, -0.2) is 0 Å². The molecule has 7 heteroatoms. The molecular formula is C9H10Br2ClNO3. The molecule has 1 aromatic rings. The van der Waals surface area contributed by atoms with Gasteiger partial charge in [0.1, 0.15) is 11.8 Å². The fourth-order valence-corrected chi connectivity index (χ4v) is 2.57. The van der Waals surface area contributed by atoms with Crippen LogP contribution in [0.2, 0.25) is 0 Å². The summed E-state index contributed by atoms with van der Waals surface area (Å²) in [5, 5.41) is 9.64. The molecule has 0 unspecified atom stereocenters. The molecule has 0 saturated carbocycles. The lowest BCUT2D eigenvalue weighted by Crippen LogP contribution is -2.23. The molecule has 0 fully saturated rings. The summed E-state index contributed by atoms with van der Waals surface area (Å²) >= 11 is 6.42. The number of phenolic OH excluding ortho intramolecular Hbond substituents is 1. The summed E-state index contributed by atoms with van der Waals surface area (Å²) in [7, 11) is 1.24. The Morgan fingerprint density at radius 3 is 2.50 bits per heavy atom. The Hall–Kier alpha value is -0.300. The van der Waals surface area contributed by atoms with Crippen molar-refractivity contribution in [2.45, 2.75) is 6.04 Å². The minimum absolute atomic E-state index is 0. The number of carbonyl (C=O) groups excluding carboxylic acids is 1. The van der Waals surface area contributed by atoms with E-state index < -0.39 is 12.0 Å². The standard InChI is InChI=1S/C9H9Br2NO3.ClH/c1-15-9(14)8(12)7-5(11)2-4(10)3-6(7)13;/h2-3,8,13H,12H2,1H3;1H/t8-;/m0./s1. The maximum Gasteiger partial charge on any atom is 0.327 e. The van der Waals surface area contributed by atoms with Gasteiger partial charge in [0, 0.05) is 14.5 Å². The first-order valence-electron chi connectivity index (χ1n) is 3.98. The Bertz CT molecular complexity index is 377. The fraction of sp³-hybridized carbons (Fsp3) is 0.222. The zero-order valence-corrected chi connectivity index (χ0v) is 12.2. The van der Waals surface area contributed by atoms with E-state index in [0.717, 1.165) is 0 Å². The maximum absolute atomic E-state index is 11.2. The Kier molecular flexibility index (Phi) is 6.32. The van der Waals surface area contributed by atoms with E-state index in [4.69, 9.17) is 5.73 Å². The van der Waals surface area contributed by atoms with Crippen LogP contribution in [0.25, 0.3) is 0 Å². The van der Waals surface area contributed by atoms with Gasteiger partial charge >= 0.3 is 5.97 Å². The number of carbonyl (C=O) groups is 1. The third kappa shape index (κ3) is 3.35. The van der Waals surface area contributed by atoms with Crippen LogP contribution in [0.3, 0.4) is 0 Å². The second-order valence-electron chi connectivity index (χ2n) is 2.82. The number of hydrogen-bond donors (Lipinski definition) is 2. The molecule has 0 aliphatic rings. The van der Waals surface area contributed by atoms with Gasteiger partial charge in [0.2, 0.25) is 0 Å². The van der Waals surface area contributed by atoms with E-state index in [0.29, 0.717) is 14.5 Å². The van der Waals surface area contributed by atoms with Gasteiger partial charge < -0.3 is 15.6 Å². The first-order chi connectivity index (χ1) is 6.97. The van der Waals surface area contributed by atoms with Gasteiger partial charge in [0.25, 0.3) is 0 Å². The van der Waals surface area contributed by atoms with Crippen LogP contribution in [0.5, 0.6) is 5.75 Å². The topological polar surface area (TPSA) is 72.5 Å². The molecule has 0 aliphatic carbocycles. The summed E-state index contributed by atoms with van der Waals surface area (Å²) in [6.07, 6.45) is 0. The second-order valence-corrected chi connectivity index (χ2v) is 4.59. The molecule has 0 saturated heterocycles. The van der Waals surface area contributed by atoms with E-state index in [1.807, 2.05) is 0 Å². The van der Waals surface area contributed by atoms with E-state index in [-0.39, 0.29) is 18.2 Å². The van der Waals surface area contributed by atoms with E-state index in [1.165, 1.54) is 13.2 Å². The molecule has 0 spiro atoms. The van der Waals surface area contributed by atoms with Gasteiger partial charge in [-0.15, -0.1) is 12.4 Å². The minimum atomic E-state index is -1.00. The first-order valence-corrected chi connectivity index (χ1v) is 5.57. The number of methoxy groups -OCH3 is 1. The summed E-state index contributed by atoms with van der Waals surface area (Å²) in [6, 6.07) is 2.15. The van der Waals surface area contributed by atoms with Crippen LogP contribution in [0.15, 0.2) is 21.1 Å². The average Bonchev–Trinajstić information content (AvgIpc) is 2.14. The van der Waals surface area contributed by atoms with Crippen molar-refractivity contribution in [1.82, 2.24) is 0 Å². The van der Waals surface area contributed by atoms with E-state index in [9.17, 15) is 9.90 Å². The Labute approximate surface area is 116 Å². The highest BCUT2D eigenvalue weighted by Gasteiger charge is 2.22. The Balaban J connectivity index is 0.00000225. The van der Waals surface area contributed by atoms with Crippen LogP contribution in [-0.2, 0) is 9.53 Å². The molecule has 16 heavy (non-hydrogen) atoms. The second kappa shape index (κ2) is 6.44. The normalized spacial score (nSPS) is 11.5. The van der Waals surface area contributed by atoms with Crippen molar-refractivity contribution >= 4 is 50.2 Å². The Morgan fingerprint density at radius 2 is 2.06 bits per heavy atom. The zero-order valence-electron chi connectivity index (χ0n) is 8.24. The zero-order chi connectivity index (χ0) is 11.6. The maximum atomic E-state index is 11.2. The molecule has 0 radical (unpaired) electrons. The monoisotopic (exact) mass is 373 g/mol. The third-order valence-electron chi connectivity index (χ3n) is 1.84. The first kappa shape index (κ1) is 15.7. The smallest absolute Gasteiger partial charge is 0.327 e. The van der Waals surface area contributed by atoms with Crippen LogP contribution in [0.4, 0.5) is 0 Å². The number of rotatable bonds is 2. The number of hydrogen-bond acceptors (Lipinski definition) is 4. The number of ether oxygens (including phenoxy) is 1. The van der Waals surface area contributed by atoms with Crippen molar-refractivity contribution in [2.75, 3.05) is 7.11 Å². The molecule has 0 amide bonds. The van der Waals surface area contributed by atoms with Crippen molar-refractivity contribution in [3.05, 3.63) is 26.6 Å². The number of benzene rings is 1. The molecule has 0 aliphatic heterocycles. The summed E-state index contributed by atoms with van der Waals surface area (Å²) in [4.78, 5) is 11.2. The van der Waals surface area contributed by atoms with Gasteiger partial charge in [-0.2, -0.15) is 0 Å². The summed E-state index contributed by atoms with van der Waals surface area (Å²) in [6.45, 7) is 0. The quantitative estimate of drug-likeness (QED) is 0.779. The lowest BCUT2D eigenvalue weighted by atomic mass is 10.1. The number of aromatic hydroxyl groups is 1. The summed E-state index contributed by atoms with van der Waals surface area (Å²) < 4.78 is 5.74. The molecule has 1 rings (SSSR count). The van der Waals surface area contributed by atoms with Gasteiger partial charge in [0.15, 0.2) is 0 Å². The van der Waals surface area contributed by atoms with Crippen LogP contribution < -0.4 is 5.73 Å². The predicted molar refractivity (Wildman–Crippen MR) is 69.7 cm³/mol. The molecule has 1 aromatic carbocycles. The van der Waals surface area contributed by atoms with E-state index in [1.54, 1.807) is 6.07 Å². The van der Waals surface area contributed by atoms with Crippen molar-refractivity contribution in [1.29, 1.82) is 0 Å². The summed E-state index contributed by atoms with van der Waals surface area (Å²) in [5.74, 6) is -0.664.